The van der Waals surface area contributed by atoms with E-state index in [2.05, 4.69) is 12.1 Å². The molecule has 0 aliphatic rings. The van der Waals surface area contributed by atoms with Gasteiger partial charge < -0.3 is 4.74 Å². The molecule has 0 bridgehead atoms. The highest BCUT2D eigenvalue weighted by molar-refractivity contribution is 5.80. The highest BCUT2D eigenvalue weighted by Crippen LogP contribution is 2.25. The number of rotatable bonds is 5. The second-order valence-corrected chi connectivity index (χ2v) is 5.26. The van der Waals surface area contributed by atoms with Crippen molar-refractivity contribution in [3.05, 3.63) is 68.3 Å². The standard InChI is InChI=1S/C17H17NO4/c1-11-6-12(2)16(13(3)7-11)10-22-17-5-4-15(18(20)21)8-14(17)9-19/h4-9H,10H2,1-3H3. The van der Waals surface area contributed by atoms with Crippen LogP contribution in [0.5, 0.6) is 5.75 Å². The van der Waals surface area contributed by atoms with E-state index < -0.39 is 4.92 Å². The summed E-state index contributed by atoms with van der Waals surface area (Å²) in [6.07, 6.45) is 0.567. The second kappa shape index (κ2) is 6.39. The van der Waals surface area contributed by atoms with Gasteiger partial charge in [0.15, 0.2) is 6.29 Å². The summed E-state index contributed by atoms with van der Waals surface area (Å²) in [5.74, 6) is 0.347. The first-order valence-electron chi connectivity index (χ1n) is 6.85. The number of hydrogen-bond donors (Lipinski definition) is 0. The van der Waals surface area contributed by atoms with Crippen LogP contribution < -0.4 is 4.74 Å². The van der Waals surface area contributed by atoms with Crippen molar-refractivity contribution in [1.82, 2.24) is 0 Å². The van der Waals surface area contributed by atoms with E-state index in [4.69, 9.17) is 4.74 Å². The van der Waals surface area contributed by atoms with Gasteiger partial charge in [0.05, 0.1) is 10.5 Å². The van der Waals surface area contributed by atoms with Crippen molar-refractivity contribution >= 4 is 12.0 Å². The maximum Gasteiger partial charge on any atom is 0.270 e. The number of carbonyl (C=O) groups excluding carboxylic acids is 1. The monoisotopic (exact) mass is 299 g/mol. The molecule has 0 heterocycles. The number of nitro groups is 1. The molecule has 0 spiro atoms. The van der Waals surface area contributed by atoms with Crippen LogP contribution in [0.2, 0.25) is 0 Å². The molecular weight excluding hydrogens is 282 g/mol. The molecule has 114 valence electrons. The van der Waals surface area contributed by atoms with Crippen molar-refractivity contribution in [3.8, 4) is 5.75 Å². The van der Waals surface area contributed by atoms with Gasteiger partial charge in [0.2, 0.25) is 0 Å². The number of non-ortho nitro benzene ring substituents is 1. The van der Waals surface area contributed by atoms with Crippen LogP contribution >= 0.6 is 0 Å². The summed E-state index contributed by atoms with van der Waals surface area (Å²) in [6.45, 7) is 6.37. The normalized spacial score (nSPS) is 10.3. The molecule has 5 nitrogen and oxygen atoms in total. The van der Waals surface area contributed by atoms with Crippen molar-refractivity contribution in [2.75, 3.05) is 0 Å². The molecule has 0 saturated heterocycles. The maximum atomic E-state index is 11.1. The SMILES string of the molecule is Cc1cc(C)c(COc2ccc([N+](=O)[O-])cc2C=O)c(C)c1. The summed E-state index contributed by atoms with van der Waals surface area (Å²) in [5.41, 5.74) is 4.52. The van der Waals surface area contributed by atoms with E-state index in [-0.39, 0.29) is 11.3 Å². The lowest BCUT2D eigenvalue weighted by molar-refractivity contribution is -0.384. The number of nitro benzene ring substituents is 1. The summed E-state index contributed by atoms with van der Waals surface area (Å²) < 4.78 is 5.70. The Kier molecular flexibility index (Phi) is 4.56. The Balaban J connectivity index is 2.25. The van der Waals surface area contributed by atoms with Gasteiger partial charge in [-0.3, -0.25) is 14.9 Å². The second-order valence-electron chi connectivity index (χ2n) is 5.26. The Morgan fingerprint density at radius 1 is 1.14 bits per heavy atom. The predicted molar refractivity (Wildman–Crippen MR) is 83.5 cm³/mol. The van der Waals surface area contributed by atoms with Gasteiger partial charge in [-0.2, -0.15) is 0 Å². The molecule has 2 rings (SSSR count). The first-order chi connectivity index (χ1) is 10.4. The number of nitrogens with zero attached hydrogens (tertiary/aromatic N) is 1. The average Bonchev–Trinajstić information content (AvgIpc) is 2.45. The van der Waals surface area contributed by atoms with Gasteiger partial charge in [0.1, 0.15) is 12.4 Å². The average molecular weight is 299 g/mol. The summed E-state index contributed by atoms with van der Waals surface area (Å²) in [5, 5.41) is 10.7. The smallest absolute Gasteiger partial charge is 0.270 e. The Bertz CT molecular complexity index is 714. The van der Waals surface area contributed by atoms with Gasteiger partial charge in [-0.1, -0.05) is 17.7 Å². The van der Waals surface area contributed by atoms with Gasteiger partial charge in [0, 0.05) is 12.1 Å². The lowest BCUT2D eigenvalue weighted by Gasteiger charge is -2.13. The predicted octanol–water partition coefficient (Wildman–Crippen LogP) is 3.91. The number of ether oxygens (including phenoxy) is 1. The lowest BCUT2D eigenvalue weighted by Crippen LogP contribution is -2.03. The molecule has 5 heteroatoms. The fourth-order valence-electron chi connectivity index (χ4n) is 2.46. The molecule has 0 aliphatic heterocycles. The van der Waals surface area contributed by atoms with Gasteiger partial charge in [0.25, 0.3) is 5.69 Å². The van der Waals surface area contributed by atoms with Crippen LogP contribution in [0.1, 0.15) is 32.6 Å². The van der Waals surface area contributed by atoms with Crippen molar-refractivity contribution in [2.24, 2.45) is 0 Å². The Morgan fingerprint density at radius 3 is 2.32 bits per heavy atom. The third kappa shape index (κ3) is 3.31. The largest absolute Gasteiger partial charge is 0.488 e. The van der Waals surface area contributed by atoms with Crippen molar-refractivity contribution in [3.63, 3.8) is 0 Å². The van der Waals surface area contributed by atoms with Crippen LogP contribution in [0.4, 0.5) is 5.69 Å². The van der Waals surface area contributed by atoms with Gasteiger partial charge in [-0.15, -0.1) is 0 Å². The quantitative estimate of drug-likeness (QED) is 0.477. The zero-order valence-electron chi connectivity index (χ0n) is 12.8. The Labute approximate surface area is 128 Å². The van der Waals surface area contributed by atoms with Crippen LogP contribution in [0, 0.1) is 30.9 Å². The number of benzene rings is 2. The number of hydrogen-bond acceptors (Lipinski definition) is 4. The Hall–Kier alpha value is -2.69. The highest BCUT2D eigenvalue weighted by atomic mass is 16.6. The van der Waals surface area contributed by atoms with Crippen LogP contribution in [0.3, 0.4) is 0 Å². The molecule has 2 aromatic carbocycles. The molecule has 0 saturated carbocycles. The minimum Gasteiger partial charge on any atom is -0.488 e. The molecule has 2 aromatic rings. The molecule has 0 atom stereocenters. The summed E-state index contributed by atoms with van der Waals surface area (Å²) in [6, 6.07) is 8.15. The number of carbonyl (C=O) groups is 1. The molecule has 0 radical (unpaired) electrons. The van der Waals surface area contributed by atoms with Gasteiger partial charge >= 0.3 is 0 Å². The van der Waals surface area contributed by atoms with E-state index in [1.807, 2.05) is 20.8 Å². The van der Waals surface area contributed by atoms with E-state index in [0.29, 0.717) is 18.6 Å². The van der Waals surface area contributed by atoms with Crippen molar-refractivity contribution < 1.29 is 14.5 Å². The van der Waals surface area contributed by atoms with Gasteiger partial charge in [-0.25, -0.2) is 0 Å². The molecule has 0 aromatic heterocycles. The lowest BCUT2D eigenvalue weighted by atomic mass is 10.0. The molecule has 0 fully saturated rings. The molecule has 22 heavy (non-hydrogen) atoms. The number of aryl methyl sites for hydroxylation is 3. The zero-order chi connectivity index (χ0) is 16.3. The third-order valence-corrected chi connectivity index (χ3v) is 3.54. The Morgan fingerprint density at radius 2 is 1.77 bits per heavy atom. The third-order valence-electron chi connectivity index (χ3n) is 3.54. The van der Waals surface area contributed by atoms with E-state index in [0.717, 1.165) is 16.7 Å². The minimum absolute atomic E-state index is 0.128. The zero-order valence-corrected chi connectivity index (χ0v) is 12.8. The van der Waals surface area contributed by atoms with Crippen LogP contribution in [0.15, 0.2) is 30.3 Å². The molecular formula is C17H17NO4. The fourth-order valence-corrected chi connectivity index (χ4v) is 2.46. The van der Waals surface area contributed by atoms with E-state index in [9.17, 15) is 14.9 Å². The topological polar surface area (TPSA) is 69.4 Å². The first-order valence-corrected chi connectivity index (χ1v) is 6.85. The van der Waals surface area contributed by atoms with Crippen molar-refractivity contribution in [1.29, 1.82) is 0 Å². The van der Waals surface area contributed by atoms with E-state index >= 15 is 0 Å². The number of aldehydes is 1. The van der Waals surface area contributed by atoms with Crippen LogP contribution in [-0.4, -0.2) is 11.2 Å². The molecule has 0 N–H and O–H groups in total. The van der Waals surface area contributed by atoms with E-state index in [1.54, 1.807) is 0 Å². The maximum absolute atomic E-state index is 11.1. The minimum atomic E-state index is -0.537. The summed E-state index contributed by atoms with van der Waals surface area (Å²) in [7, 11) is 0. The molecule has 0 unspecified atom stereocenters. The van der Waals surface area contributed by atoms with Crippen molar-refractivity contribution in [2.45, 2.75) is 27.4 Å². The van der Waals surface area contributed by atoms with Crippen LogP contribution in [-0.2, 0) is 6.61 Å². The molecule has 0 aliphatic carbocycles. The van der Waals surface area contributed by atoms with E-state index in [1.165, 1.54) is 23.8 Å². The first kappa shape index (κ1) is 15.7. The fraction of sp³-hybridized carbons (Fsp3) is 0.235. The summed E-state index contributed by atoms with van der Waals surface area (Å²) in [4.78, 5) is 21.3. The summed E-state index contributed by atoms with van der Waals surface area (Å²) >= 11 is 0. The highest BCUT2D eigenvalue weighted by Gasteiger charge is 2.12. The van der Waals surface area contributed by atoms with Gasteiger partial charge in [-0.05, 0) is 43.5 Å². The molecule has 0 amide bonds. The van der Waals surface area contributed by atoms with Crippen LogP contribution in [0.25, 0.3) is 0 Å².